The Kier molecular flexibility index (Phi) is 5.55. The number of aromatic nitrogens is 2. The summed E-state index contributed by atoms with van der Waals surface area (Å²) < 4.78 is 2.40. The summed E-state index contributed by atoms with van der Waals surface area (Å²) in [5, 5.41) is 7.63. The summed E-state index contributed by atoms with van der Waals surface area (Å²) in [6.07, 6.45) is 6.29. The number of hydrogen-bond donors (Lipinski definition) is 1. The Bertz CT molecular complexity index is 512. The number of nitrogens with one attached hydrogen (secondary N) is 1. The van der Waals surface area contributed by atoms with Crippen LogP contribution in [-0.4, -0.2) is 26.8 Å². The SMILES string of the molecule is CCCCn1ncc(NCC2(C)CCCS2)c(Br)c1=O. The molecule has 0 aliphatic carbocycles. The van der Waals surface area contributed by atoms with Gasteiger partial charge < -0.3 is 5.32 Å². The molecule has 4 nitrogen and oxygen atoms in total. The van der Waals surface area contributed by atoms with Crippen molar-refractivity contribution < 1.29 is 0 Å². The Morgan fingerprint density at radius 2 is 2.40 bits per heavy atom. The van der Waals surface area contributed by atoms with Crippen LogP contribution in [0.5, 0.6) is 0 Å². The number of nitrogens with zero attached hydrogens (tertiary/aromatic N) is 2. The number of aryl methyl sites for hydroxylation is 1. The number of hydrogen-bond acceptors (Lipinski definition) is 4. The largest absolute Gasteiger partial charge is 0.381 e. The molecule has 6 heteroatoms. The van der Waals surface area contributed by atoms with E-state index < -0.39 is 0 Å². The van der Waals surface area contributed by atoms with Gasteiger partial charge in [0.2, 0.25) is 0 Å². The number of rotatable bonds is 6. The molecule has 2 heterocycles. The summed E-state index contributed by atoms with van der Waals surface area (Å²) in [7, 11) is 0. The summed E-state index contributed by atoms with van der Waals surface area (Å²) >= 11 is 5.41. The van der Waals surface area contributed by atoms with Crippen LogP contribution < -0.4 is 10.9 Å². The van der Waals surface area contributed by atoms with E-state index in [0.717, 1.165) is 25.1 Å². The molecule has 0 aromatic carbocycles. The van der Waals surface area contributed by atoms with Crippen molar-refractivity contribution in [1.29, 1.82) is 0 Å². The summed E-state index contributed by atoms with van der Waals surface area (Å²) in [6, 6.07) is 0. The van der Waals surface area contributed by atoms with Crippen molar-refractivity contribution in [2.45, 2.75) is 50.8 Å². The quantitative estimate of drug-likeness (QED) is 0.844. The molecule has 0 bridgehead atoms. The van der Waals surface area contributed by atoms with E-state index >= 15 is 0 Å². The first-order valence-electron chi connectivity index (χ1n) is 7.19. The Morgan fingerprint density at radius 3 is 3.05 bits per heavy atom. The third-order valence-electron chi connectivity index (χ3n) is 3.66. The van der Waals surface area contributed by atoms with E-state index in [1.54, 1.807) is 6.20 Å². The lowest BCUT2D eigenvalue weighted by molar-refractivity contribution is 0.540. The third kappa shape index (κ3) is 3.79. The monoisotopic (exact) mass is 359 g/mol. The van der Waals surface area contributed by atoms with Crippen LogP contribution in [0.25, 0.3) is 0 Å². The molecule has 0 amide bonds. The van der Waals surface area contributed by atoms with Crippen molar-refractivity contribution in [3.63, 3.8) is 0 Å². The molecule has 1 N–H and O–H groups in total. The van der Waals surface area contributed by atoms with E-state index in [1.807, 2.05) is 11.8 Å². The molecule has 0 saturated carbocycles. The van der Waals surface area contributed by atoms with Crippen LogP contribution in [-0.2, 0) is 6.54 Å². The van der Waals surface area contributed by atoms with Crippen LogP contribution in [0.3, 0.4) is 0 Å². The van der Waals surface area contributed by atoms with Crippen molar-refractivity contribution >= 4 is 33.4 Å². The van der Waals surface area contributed by atoms with Crippen LogP contribution in [0.2, 0.25) is 0 Å². The number of unbranched alkanes of at least 4 members (excludes halogenated alkanes) is 1. The topological polar surface area (TPSA) is 46.9 Å². The van der Waals surface area contributed by atoms with Gasteiger partial charge in [-0.1, -0.05) is 13.3 Å². The zero-order valence-electron chi connectivity index (χ0n) is 12.1. The highest BCUT2D eigenvalue weighted by molar-refractivity contribution is 9.10. The van der Waals surface area contributed by atoms with E-state index in [-0.39, 0.29) is 10.3 Å². The predicted octanol–water partition coefficient (Wildman–Crippen LogP) is 3.50. The molecule has 0 radical (unpaired) electrons. The maximum Gasteiger partial charge on any atom is 0.283 e. The second kappa shape index (κ2) is 6.98. The average molecular weight is 360 g/mol. The molecule has 1 aromatic heterocycles. The highest BCUT2D eigenvalue weighted by Crippen LogP contribution is 2.37. The molecule has 1 fully saturated rings. The smallest absolute Gasteiger partial charge is 0.283 e. The normalized spacial score (nSPS) is 22.1. The Labute approximate surface area is 132 Å². The standard InChI is InChI=1S/C14H22BrN3OS/c1-3-4-7-18-13(19)12(15)11(9-17-18)16-10-14(2)6-5-8-20-14/h9,16H,3-8,10H2,1-2H3. The van der Waals surface area contributed by atoms with Gasteiger partial charge in [-0.05, 0) is 47.9 Å². The second-order valence-corrected chi connectivity index (χ2v) is 7.99. The molecular formula is C14H22BrN3OS. The second-order valence-electron chi connectivity index (χ2n) is 5.51. The van der Waals surface area contributed by atoms with E-state index in [1.165, 1.54) is 23.3 Å². The Hall–Kier alpha value is -0.490. The summed E-state index contributed by atoms with van der Waals surface area (Å²) in [6.45, 7) is 5.94. The van der Waals surface area contributed by atoms with Gasteiger partial charge in [-0.3, -0.25) is 4.79 Å². The van der Waals surface area contributed by atoms with Crippen molar-refractivity contribution in [3.8, 4) is 0 Å². The van der Waals surface area contributed by atoms with Crippen molar-refractivity contribution in [2.24, 2.45) is 0 Å². The van der Waals surface area contributed by atoms with Crippen molar-refractivity contribution in [3.05, 3.63) is 21.0 Å². The summed E-state index contributed by atoms with van der Waals surface area (Å²) in [4.78, 5) is 12.2. The molecule has 112 valence electrons. The zero-order chi connectivity index (χ0) is 14.6. The minimum atomic E-state index is -0.0484. The average Bonchev–Trinajstić information content (AvgIpc) is 2.87. The Balaban J connectivity index is 2.05. The molecule has 0 spiro atoms. The lowest BCUT2D eigenvalue weighted by Gasteiger charge is -2.23. The fourth-order valence-corrected chi connectivity index (χ4v) is 4.01. The van der Waals surface area contributed by atoms with Crippen LogP contribution >= 0.6 is 27.7 Å². The minimum absolute atomic E-state index is 0.0484. The lowest BCUT2D eigenvalue weighted by Crippen LogP contribution is -2.29. The van der Waals surface area contributed by atoms with E-state index in [4.69, 9.17) is 0 Å². The maximum absolute atomic E-state index is 12.2. The van der Waals surface area contributed by atoms with Crippen molar-refractivity contribution in [1.82, 2.24) is 9.78 Å². The molecule has 2 rings (SSSR count). The van der Waals surface area contributed by atoms with E-state index in [0.29, 0.717) is 11.0 Å². The van der Waals surface area contributed by atoms with Crippen LogP contribution in [0, 0.1) is 0 Å². The predicted molar refractivity (Wildman–Crippen MR) is 89.7 cm³/mol. The first kappa shape index (κ1) is 15.9. The van der Waals surface area contributed by atoms with Gasteiger partial charge in [0.1, 0.15) is 4.47 Å². The summed E-state index contributed by atoms with van der Waals surface area (Å²) in [5.41, 5.74) is 0.754. The van der Waals surface area contributed by atoms with Gasteiger partial charge in [-0.15, -0.1) is 0 Å². The highest BCUT2D eigenvalue weighted by atomic mass is 79.9. The van der Waals surface area contributed by atoms with Gasteiger partial charge in [0.15, 0.2) is 0 Å². The first-order valence-corrected chi connectivity index (χ1v) is 8.97. The van der Waals surface area contributed by atoms with Gasteiger partial charge in [0, 0.05) is 17.8 Å². The highest BCUT2D eigenvalue weighted by Gasteiger charge is 2.29. The number of thioether (sulfide) groups is 1. The molecule has 1 saturated heterocycles. The third-order valence-corrected chi connectivity index (χ3v) is 5.97. The van der Waals surface area contributed by atoms with Gasteiger partial charge in [0.25, 0.3) is 5.56 Å². The molecule has 1 aliphatic rings. The number of anilines is 1. The van der Waals surface area contributed by atoms with Gasteiger partial charge in [0.05, 0.1) is 11.9 Å². The zero-order valence-corrected chi connectivity index (χ0v) is 14.5. The maximum atomic E-state index is 12.2. The molecule has 1 atom stereocenters. The number of halogens is 1. The van der Waals surface area contributed by atoms with Gasteiger partial charge >= 0.3 is 0 Å². The molecule has 1 aliphatic heterocycles. The Morgan fingerprint density at radius 1 is 1.60 bits per heavy atom. The first-order chi connectivity index (χ1) is 9.56. The van der Waals surface area contributed by atoms with Crippen LogP contribution in [0.4, 0.5) is 5.69 Å². The fraction of sp³-hybridized carbons (Fsp3) is 0.714. The van der Waals surface area contributed by atoms with Gasteiger partial charge in [-0.2, -0.15) is 16.9 Å². The molecule has 1 unspecified atom stereocenters. The van der Waals surface area contributed by atoms with Gasteiger partial charge in [-0.25, -0.2) is 4.68 Å². The molecule has 20 heavy (non-hydrogen) atoms. The molecular weight excluding hydrogens is 338 g/mol. The fourth-order valence-electron chi connectivity index (χ4n) is 2.31. The van der Waals surface area contributed by atoms with Crippen LogP contribution in [0.1, 0.15) is 39.5 Å². The minimum Gasteiger partial charge on any atom is -0.381 e. The van der Waals surface area contributed by atoms with E-state index in [9.17, 15) is 4.79 Å². The van der Waals surface area contributed by atoms with Crippen molar-refractivity contribution in [2.75, 3.05) is 17.6 Å². The van der Waals surface area contributed by atoms with E-state index in [2.05, 4.69) is 40.2 Å². The van der Waals surface area contributed by atoms with Crippen LogP contribution in [0.15, 0.2) is 15.5 Å². The molecule has 1 aromatic rings. The summed E-state index contributed by atoms with van der Waals surface area (Å²) in [5.74, 6) is 1.23. The lowest BCUT2D eigenvalue weighted by atomic mass is 10.1.